The predicted octanol–water partition coefficient (Wildman–Crippen LogP) is 2.93. The zero-order valence-electron chi connectivity index (χ0n) is 15.5. The Morgan fingerprint density at radius 3 is 2.67 bits per heavy atom. The zero-order chi connectivity index (χ0) is 19.1. The Balaban J connectivity index is 1.39. The molecule has 0 bridgehead atoms. The number of likely N-dealkylation sites (N-methyl/N-ethyl adjacent to an activating group) is 1. The molecule has 142 valence electrons. The number of aromatic nitrogens is 1. The fourth-order valence-corrected chi connectivity index (χ4v) is 3.71. The van der Waals surface area contributed by atoms with Crippen LogP contribution in [0.25, 0.3) is 10.2 Å². The van der Waals surface area contributed by atoms with Crippen molar-refractivity contribution < 1.29 is 14.3 Å². The fraction of sp³-hybridized carbons (Fsp3) is 0.300. The molecular formula is C20H23N3O3S. The standard InChI is InChI=1S/C20H23N3O3S/c1-23(14-20-22-15-7-3-6-10-18(15)27-20)13-19(24)21-11-12-26-17-9-5-4-8-16(17)25-2/h3-10H,11-14H2,1-2H3,(H,21,24). The fourth-order valence-electron chi connectivity index (χ4n) is 2.66. The molecule has 3 aromatic rings. The van der Waals surface area contributed by atoms with Crippen molar-refractivity contribution in [1.29, 1.82) is 0 Å². The molecule has 0 saturated heterocycles. The summed E-state index contributed by atoms with van der Waals surface area (Å²) in [7, 11) is 3.52. The summed E-state index contributed by atoms with van der Waals surface area (Å²) in [4.78, 5) is 18.7. The van der Waals surface area contributed by atoms with Crippen LogP contribution in [0.1, 0.15) is 5.01 Å². The molecule has 0 unspecified atom stereocenters. The molecule has 0 radical (unpaired) electrons. The number of hydrogen-bond donors (Lipinski definition) is 1. The number of carbonyl (C=O) groups is 1. The van der Waals surface area contributed by atoms with Crippen LogP contribution in [0.3, 0.4) is 0 Å². The second kappa shape index (κ2) is 9.34. The molecule has 1 aromatic heterocycles. The Morgan fingerprint density at radius 2 is 1.89 bits per heavy atom. The number of ether oxygens (including phenoxy) is 2. The van der Waals surface area contributed by atoms with Gasteiger partial charge in [0, 0.05) is 0 Å². The lowest BCUT2D eigenvalue weighted by Crippen LogP contribution is -2.36. The van der Waals surface area contributed by atoms with Gasteiger partial charge in [-0.25, -0.2) is 4.98 Å². The number of methoxy groups -OCH3 is 1. The average Bonchev–Trinajstić information content (AvgIpc) is 3.07. The van der Waals surface area contributed by atoms with E-state index in [2.05, 4.69) is 16.4 Å². The van der Waals surface area contributed by atoms with Crippen molar-refractivity contribution in [3.05, 3.63) is 53.5 Å². The van der Waals surface area contributed by atoms with Gasteiger partial charge in [0.2, 0.25) is 5.91 Å². The molecule has 1 amide bonds. The third kappa shape index (κ3) is 5.42. The van der Waals surface area contributed by atoms with Gasteiger partial charge in [-0.15, -0.1) is 11.3 Å². The molecule has 3 rings (SSSR count). The van der Waals surface area contributed by atoms with E-state index in [4.69, 9.17) is 9.47 Å². The Bertz CT molecular complexity index is 864. The molecule has 1 heterocycles. The van der Waals surface area contributed by atoms with Crippen LogP contribution in [0.5, 0.6) is 11.5 Å². The van der Waals surface area contributed by atoms with Crippen molar-refractivity contribution in [3.8, 4) is 11.5 Å². The maximum absolute atomic E-state index is 12.1. The minimum atomic E-state index is -0.0396. The third-order valence-corrected chi connectivity index (χ3v) is 4.93. The SMILES string of the molecule is COc1ccccc1OCCNC(=O)CN(C)Cc1nc2ccccc2s1. The van der Waals surface area contributed by atoms with Crippen molar-refractivity contribution in [2.45, 2.75) is 6.54 Å². The molecule has 6 nitrogen and oxygen atoms in total. The van der Waals surface area contributed by atoms with Gasteiger partial charge >= 0.3 is 0 Å². The van der Waals surface area contributed by atoms with Crippen molar-refractivity contribution >= 4 is 27.5 Å². The second-order valence-electron chi connectivity index (χ2n) is 6.10. The van der Waals surface area contributed by atoms with Crippen molar-refractivity contribution in [2.75, 3.05) is 33.9 Å². The summed E-state index contributed by atoms with van der Waals surface area (Å²) in [5, 5.41) is 3.88. The van der Waals surface area contributed by atoms with E-state index >= 15 is 0 Å². The highest BCUT2D eigenvalue weighted by molar-refractivity contribution is 7.18. The summed E-state index contributed by atoms with van der Waals surface area (Å²) in [6.07, 6.45) is 0. The second-order valence-corrected chi connectivity index (χ2v) is 7.21. The third-order valence-electron chi connectivity index (χ3n) is 3.91. The first-order valence-corrected chi connectivity index (χ1v) is 9.53. The van der Waals surface area contributed by atoms with Crippen LogP contribution >= 0.6 is 11.3 Å². The van der Waals surface area contributed by atoms with Crippen LogP contribution < -0.4 is 14.8 Å². The van der Waals surface area contributed by atoms with E-state index in [1.807, 2.05) is 54.4 Å². The normalized spacial score (nSPS) is 10.9. The lowest BCUT2D eigenvalue weighted by Gasteiger charge is -2.15. The van der Waals surface area contributed by atoms with Crippen LogP contribution in [0, 0.1) is 0 Å². The highest BCUT2D eigenvalue weighted by Gasteiger charge is 2.10. The number of carbonyl (C=O) groups excluding carboxylic acids is 1. The smallest absolute Gasteiger partial charge is 0.234 e. The first-order valence-electron chi connectivity index (χ1n) is 8.71. The monoisotopic (exact) mass is 385 g/mol. The summed E-state index contributed by atoms with van der Waals surface area (Å²) in [6, 6.07) is 15.5. The highest BCUT2D eigenvalue weighted by atomic mass is 32.1. The Hall–Kier alpha value is -2.64. The number of amides is 1. The van der Waals surface area contributed by atoms with Crippen LogP contribution in [0.4, 0.5) is 0 Å². The molecule has 0 atom stereocenters. The molecule has 0 saturated carbocycles. The molecule has 0 fully saturated rings. The van der Waals surface area contributed by atoms with Gasteiger partial charge in [-0.3, -0.25) is 9.69 Å². The molecule has 0 aliphatic heterocycles. The van der Waals surface area contributed by atoms with Gasteiger partial charge in [-0.1, -0.05) is 24.3 Å². The number of rotatable bonds is 9. The van der Waals surface area contributed by atoms with E-state index in [-0.39, 0.29) is 5.91 Å². The van der Waals surface area contributed by atoms with E-state index in [9.17, 15) is 4.79 Å². The Labute approximate surface area is 162 Å². The largest absolute Gasteiger partial charge is 0.493 e. The quantitative estimate of drug-likeness (QED) is 0.574. The number of hydrogen-bond acceptors (Lipinski definition) is 6. The van der Waals surface area contributed by atoms with Crippen LogP contribution in [-0.4, -0.2) is 49.6 Å². The first kappa shape index (κ1) is 19.1. The molecule has 0 aliphatic carbocycles. The van der Waals surface area contributed by atoms with Crippen LogP contribution in [0.2, 0.25) is 0 Å². The van der Waals surface area contributed by atoms with E-state index in [0.29, 0.717) is 37.7 Å². The summed E-state index contributed by atoms with van der Waals surface area (Å²) < 4.78 is 12.0. The average molecular weight is 385 g/mol. The minimum Gasteiger partial charge on any atom is -0.493 e. The van der Waals surface area contributed by atoms with Gasteiger partial charge in [-0.2, -0.15) is 0 Å². The number of para-hydroxylation sites is 3. The molecule has 2 aromatic carbocycles. The van der Waals surface area contributed by atoms with E-state index in [0.717, 1.165) is 10.5 Å². The molecular weight excluding hydrogens is 362 g/mol. The summed E-state index contributed by atoms with van der Waals surface area (Å²) in [5.74, 6) is 1.31. The number of thiazole rings is 1. The lowest BCUT2D eigenvalue weighted by molar-refractivity contribution is -0.122. The predicted molar refractivity (Wildman–Crippen MR) is 107 cm³/mol. The van der Waals surface area contributed by atoms with E-state index in [1.54, 1.807) is 18.4 Å². The summed E-state index contributed by atoms with van der Waals surface area (Å²) in [6.45, 7) is 1.77. The molecule has 1 N–H and O–H groups in total. The van der Waals surface area contributed by atoms with Gasteiger partial charge in [0.15, 0.2) is 11.5 Å². The van der Waals surface area contributed by atoms with Crippen molar-refractivity contribution in [1.82, 2.24) is 15.2 Å². The van der Waals surface area contributed by atoms with Crippen LogP contribution in [-0.2, 0) is 11.3 Å². The van der Waals surface area contributed by atoms with Gasteiger partial charge < -0.3 is 14.8 Å². The number of nitrogens with one attached hydrogen (secondary N) is 1. The summed E-state index contributed by atoms with van der Waals surface area (Å²) >= 11 is 1.66. The van der Waals surface area contributed by atoms with Gasteiger partial charge in [-0.05, 0) is 31.3 Å². The molecule has 0 aliphatic rings. The topological polar surface area (TPSA) is 63.7 Å². The number of benzene rings is 2. The van der Waals surface area contributed by atoms with Gasteiger partial charge in [0.1, 0.15) is 11.6 Å². The molecule has 27 heavy (non-hydrogen) atoms. The highest BCUT2D eigenvalue weighted by Crippen LogP contribution is 2.25. The minimum absolute atomic E-state index is 0.0396. The number of nitrogens with zero attached hydrogens (tertiary/aromatic N) is 2. The van der Waals surface area contributed by atoms with Gasteiger partial charge in [0.05, 0.1) is 37.0 Å². The lowest BCUT2D eigenvalue weighted by atomic mass is 10.3. The maximum atomic E-state index is 12.1. The summed E-state index contributed by atoms with van der Waals surface area (Å²) in [5.41, 5.74) is 1.00. The van der Waals surface area contributed by atoms with Gasteiger partial charge in [0.25, 0.3) is 0 Å². The first-order chi connectivity index (χ1) is 13.2. The molecule has 0 spiro atoms. The van der Waals surface area contributed by atoms with Crippen LogP contribution in [0.15, 0.2) is 48.5 Å². The Morgan fingerprint density at radius 1 is 1.15 bits per heavy atom. The van der Waals surface area contributed by atoms with Crippen molar-refractivity contribution in [2.24, 2.45) is 0 Å². The Kier molecular flexibility index (Phi) is 6.62. The molecule has 7 heteroatoms. The van der Waals surface area contributed by atoms with Crippen molar-refractivity contribution in [3.63, 3.8) is 0 Å². The van der Waals surface area contributed by atoms with E-state index < -0.39 is 0 Å². The maximum Gasteiger partial charge on any atom is 0.234 e. The van der Waals surface area contributed by atoms with E-state index in [1.165, 1.54) is 4.70 Å². The number of fused-ring (bicyclic) bond motifs is 1. The zero-order valence-corrected chi connectivity index (χ0v) is 16.3.